The van der Waals surface area contributed by atoms with Crippen molar-refractivity contribution in [1.29, 1.82) is 0 Å². The highest BCUT2D eigenvalue weighted by molar-refractivity contribution is 5.86. The zero-order valence-corrected chi connectivity index (χ0v) is 16.5. The summed E-state index contributed by atoms with van der Waals surface area (Å²) in [7, 11) is 0. The third kappa shape index (κ3) is 3.56. The van der Waals surface area contributed by atoms with Crippen molar-refractivity contribution >= 4 is 28.0 Å². The Morgan fingerprint density at radius 2 is 1.79 bits per heavy atom. The van der Waals surface area contributed by atoms with Crippen LogP contribution in [0.15, 0.2) is 78.6 Å². The fourth-order valence-electron chi connectivity index (χ4n) is 4.13. The van der Waals surface area contributed by atoms with Crippen LogP contribution in [0, 0.1) is 0 Å². The average molecular weight is 377 g/mol. The number of pyridine rings is 1. The van der Waals surface area contributed by atoms with Gasteiger partial charge in [-0.15, -0.1) is 0 Å². The second-order valence-corrected chi connectivity index (χ2v) is 7.74. The van der Waals surface area contributed by atoms with E-state index in [2.05, 4.69) is 53.3 Å². The summed E-state index contributed by atoms with van der Waals surface area (Å²) in [6.45, 7) is 2.30. The molecule has 0 spiro atoms. The Balaban J connectivity index is 1.39. The van der Waals surface area contributed by atoms with Crippen molar-refractivity contribution in [3.63, 3.8) is 0 Å². The van der Waals surface area contributed by atoms with Gasteiger partial charge in [-0.3, -0.25) is 9.97 Å². The van der Waals surface area contributed by atoms with E-state index in [9.17, 15) is 0 Å². The zero-order valence-electron chi connectivity index (χ0n) is 16.5. The summed E-state index contributed by atoms with van der Waals surface area (Å²) < 4.78 is 0. The Bertz CT molecular complexity index is 1250. The molecule has 0 fully saturated rings. The maximum absolute atomic E-state index is 4.76. The number of hydrogen-bond donors (Lipinski definition) is 0. The molecular weight excluding hydrogens is 354 g/mol. The highest BCUT2D eigenvalue weighted by Crippen LogP contribution is 2.33. The van der Waals surface area contributed by atoms with E-state index in [4.69, 9.17) is 4.98 Å². The number of allylic oxidation sites excluding steroid dienone is 3. The Labute approximate surface area is 170 Å². The normalized spacial score (nSPS) is 16.3. The van der Waals surface area contributed by atoms with Crippen molar-refractivity contribution in [1.82, 2.24) is 15.0 Å². The molecule has 29 heavy (non-hydrogen) atoms. The van der Waals surface area contributed by atoms with Crippen LogP contribution in [0.25, 0.3) is 28.0 Å². The summed E-state index contributed by atoms with van der Waals surface area (Å²) in [5, 5.41) is 1.21. The van der Waals surface area contributed by atoms with Gasteiger partial charge in [0.1, 0.15) is 0 Å². The molecule has 3 nitrogen and oxygen atoms in total. The summed E-state index contributed by atoms with van der Waals surface area (Å²) in [6.07, 6.45) is 13.6. The average Bonchev–Trinajstić information content (AvgIpc) is 2.76. The summed E-state index contributed by atoms with van der Waals surface area (Å²) in [6, 6.07) is 16.6. The summed E-state index contributed by atoms with van der Waals surface area (Å²) in [5.41, 5.74) is 8.09. The lowest BCUT2D eigenvalue weighted by atomic mass is 9.87. The molecule has 0 bridgehead atoms. The molecule has 142 valence electrons. The molecule has 0 N–H and O–H groups in total. The number of rotatable bonds is 3. The highest BCUT2D eigenvalue weighted by Gasteiger charge is 2.15. The first kappa shape index (κ1) is 17.7. The van der Waals surface area contributed by atoms with Crippen LogP contribution < -0.4 is 0 Å². The van der Waals surface area contributed by atoms with Crippen molar-refractivity contribution in [3.05, 3.63) is 95.5 Å². The van der Waals surface area contributed by atoms with E-state index in [0.29, 0.717) is 5.92 Å². The molecule has 2 heterocycles. The van der Waals surface area contributed by atoms with Gasteiger partial charge >= 0.3 is 0 Å². The van der Waals surface area contributed by atoms with Crippen LogP contribution in [-0.2, 0) is 6.42 Å². The van der Waals surface area contributed by atoms with Gasteiger partial charge in [0.05, 0.1) is 22.2 Å². The van der Waals surface area contributed by atoms with Crippen LogP contribution in [0.2, 0.25) is 0 Å². The Hall–Kier alpha value is -3.33. The monoisotopic (exact) mass is 377 g/mol. The molecule has 3 heteroatoms. The minimum absolute atomic E-state index is 0.434. The molecule has 1 aliphatic carbocycles. The lowest BCUT2D eigenvalue weighted by Crippen LogP contribution is -2.01. The minimum atomic E-state index is 0.434. The molecule has 0 aliphatic heterocycles. The van der Waals surface area contributed by atoms with E-state index in [1.807, 2.05) is 42.7 Å². The number of hydrogen-bond acceptors (Lipinski definition) is 3. The van der Waals surface area contributed by atoms with Gasteiger partial charge in [0.2, 0.25) is 0 Å². The second kappa shape index (κ2) is 7.59. The van der Waals surface area contributed by atoms with Crippen LogP contribution in [-0.4, -0.2) is 15.0 Å². The second-order valence-electron chi connectivity index (χ2n) is 7.74. The summed E-state index contributed by atoms with van der Waals surface area (Å²) >= 11 is 0. The van der Waals surface area contributed by atoms with E-state index < -0.39 is 0 Å². The summed E-state index contributed by atoms with van der Waals surface area (Å²) in [5.74, 6) is 0.434. The SMILES string of the molecule is CC1CC=C(CCc2cnc3ccccc3n2)C=Cc2ccc3cccnc3c21. The van der Waals surface area contributed by atoms with Gasteiger partial charge in [-0.2, -0.15) is 0 Å². The predicted molar refractivity (Wildman–Crippen MR) is 120 cm³/mol. The highest BCUT2D eigenvalue weighted by atomic mass is 14.8. The maximum atomic E-state index is 4.76. The van der Waals surface area contributed by atoms with Crippen molar-refractivity contribution in [2.75, 3.05) is 0 Å². The number of para-hydroxylation sites is 2. The molecule has 2 aromatic carbocycles. The van der Waals surface area contributed by atoms with Gasteiger partial charge in [-0.05, 0) is 54.5 Å². The molecule has 5 rings (SSSR count). The van der Waals surface area contributed by atoms with E-state index in [1.54, 1.807) is 0 Å². The molecule has 0 saturated heterocycles. The molecule has 4 aromatic rings. The van der Waals surface area contributed by atoms with Crippen molar-refractivity contribution in [3.8, 4) is 0 Å². The number of aryl methyl sites for hydroxylation is 1. The lowest BCUT2D eigenvalue weighted by Gasteiger charge is -2.18. The topological polar surface area (TPSA) is 38.7 Å². The number of nitrogens with zero attached hydrogens (tertiary/aromatic N) is 3. The number of fused-ring (bicyclic) bond motifs is 4. The fourth-order valence-corrected chi connectivity index (χ4v) is 4.13. The molecule has 0 radical (unpaired) electrons. The first-order chi connectivity index (χ1) is 14.3. The van der Waals surface area contributed by atoms with Crippen LogP contribution in [0.4, 0.5) is 0 Å². The van der Waals surface area contributed by atoms with Crippen molar-refractivity contribution in [2.24, 2.45) is 0 Å². The predicted octanol–water partition coefficient (Wildman–Crippen LogP) is 6.26. The molecular formula is C26H23N3. The van der Waals surface area contributed by atoms with Crippen molar-refractivity contribution in [2.45, 2.75) is 32.1 Å². The Kier molecular flexibility index (Phi) is 4.65. The summed E-state index contributed by atoms with van der Waals surface area (Å²) in [4.78, 5) is 14.0. The number of aromatic nitrogens is 3. The van der Waals surface area contributed by atoms with Gasteiger partial charge in [0.15, 0.2) is 0 Å². The molecule has 2 aromatic heterocycles. The molecule has 0 amide bonds. The Morgan fingerprint density at radius 1 is 0.897 bits per heavy atom. The maximum Gasteiger partial charge on any atom is 0.0890 e. The largest absolute Gasteiger partial charge is 0.256 e. The molecule has 1 unspecified atom stereocenters. The zero-order chi connectivity index (χ0) is 19.6. The standard InChI is InChI=1S/C26H23N3/c1-18-8-9-19(11-15-22-17-28-23-6-2-3-7-24(23)29-22)10-12-20-13-14-21-5-4-16-27-26(21)25(18)20/h2-7,9-10,12-14,16-18H,8,11,15H2,1H3. The van der Waals surface area contributed by atoms with Gasteiger partial charge in [-0.25, -0.2) is 4.98 Å². The molecule has 1 atom stereocenters. The lowest BCUT2D eigenvalue weighted by molar-refractivity contribution is 0.773. The number of benzene rings is 2. The van der Waals surface area contributed by atoms with Gasteiger partial charge in [0, 0.05) is 17.8 Å². The third-order valence-corrected chi connectivity index (χ3v) is 5.72. The van der Waals surface area contributed by atoms with Gasteiger partial charge < -0.3 is 0 Å². The molecule has 1 aliphatic rings. The van der Waals surface area contributed by atoms with Gasteiger partial charge in [-0.1, -0.05) is 61.1 Å². The smallest absolute Gasteiger partial charge is 0.0890 e. The van der Waals surface area contributed by atoms with Crippen LogP contribution in [0.1, 0.15) is 42.5 Å². The quantitative estimate of drug-likeness (QED) is 0.423. The van der Waals surface area contributed by atoms with Crippen LogP contribution >= 0.6 is 0 Å². The minimum Gasteiger partial charge on any atom is -0.256 e. The Morgan fingerprint density at radius 3 is 2.72 bits per heavy atom. The van der Waals surface area contributed by atoms with E-state index >= 15 is 0 Å². The molecule has 0 saturated carbocycles. The van der Waals surface area contributed by atoms with Crippen LogP contribution in [0.5, 0.6) is 0 Å². The van der Waals surface area contributed by atoms with Crippen molar-refractivity contribution < 1.29 is 0 Å². The first-order valence-corrected chi connectivity index (χ1v) is 10.2. The van der Waals surface area contributed by atoms with E-state index in [0.717, 1.165) is 41.5 Å². The third-order valence-electron chi connectivity index (χ3n) is 5.72. The van der Waals surface area contributed by atoms with E-state index in [-0.39, 0.29) is 0 Å². The van der Waals surface area contributed by atoms with Crippen LogP contribution in [0.3, 0.4) is 0 Å². The van der Waals surface area contributed by atoms with Gasteiger partial charge in [0.25, 0.3) is 0 Å². The first-order valence-electron chi connectivity index (χ1n) is 10.2. The van der Waals surface area contributed by atoms with E-state index in [1.165, 1.54) is 22.1 Å². The fraction of sp³-hybridized carbons (Fsp3) is 0.192.